The minimum Gasteiger partial charge on any atom is -0.490 e. The van der Waals surface area contributed by atoms with Gasteiger partial charge in [-0.1, -0.05) is 30.3 Å². The molecule has 1 saturated heterocycles. The average Bonchev–Trinajstić information content (AvgIpc) is 3.03. The van der Waals surface area contributed by atoms with Gasteiger partial charge in [0.2, 0.25) is 0 Å². The van der Waals surface area contributed by atoms with Crippen molar-refractivity contribution in [1.82, 2.24) is 5.32 Å². The third-order valence-corrected chi connectivity index (χ3v) is 7.21. The Hall–Kier alpha value is -5.49. The van der Waals surface area contributed by atoms with Crippen molar-refractivity contribution in [1.29, 1.82) is 0 Å². The summed E-state index contributed by atoms with van der Waals surface area (Å²) in [5, 5.41) is 13.1. The number of barbiturate groups is 1. The van der Waals surface area contributed by atoms with Gasteiger partial charge >= 0.3 is 6.03 Å². The van der Waals surface area contributed by atoms with E-state index < -0.39 is 22.8 Å². The molecule has 0 radical (unpaired) electrons. The number of nitro benzene ring substituents is 1. The zero-order chi connectivity index (χ0) is 31.9. The largest absolute Gasteiger partial charge is 0.490 e. The van der Waals surface area contributed by atoms with Gasteiger partial charge < -0.3 is 14.2 Å². The SMILES string of the molecule is CCOc1cc(/C=C2\C(=O)NC(=O)N(c3ccc(OCc4ccccc4)cc3)C2=O)cc(Br)c1OCc1ccc([N+](=O)[O-])cc1. The van der Waals surface area contributed by atoms with E-state index in [-0.39, 0.29) is 23.6 Å². The molecule has 0 spiro atoms. The van der Waals surface area contributed by atoms with Crippen LogP contribution in [0.3, 0.4) is 0 Å². The number of hydrogen-bond acceptors (Lipinski definition) is 8. The average molecular weight is 672 g/mol. The van der Waals surface area contributed by atoms with Crippen LogP contribution in [0.15, 0.2) is 101 Å². The van der Waals surface area contributed by atoms with Gasteiger partial charge in [-0.2, -0.15) is 0 Å². The highest BCUT2D eigenvalue weighted by molar-refractivity contribution is 9.10. The first-order chi connectivity index (χ1) is 21.7. The van der Waals surface area contributed by atoms with Crippen molar-refractivity contribution in [2.24, 2.45) is 0 Å². The van der Waals surface area contributed by atoms with Gasteiger partial charge in [0.05, 0.1) is 21.7 Å². The third kappa shape index (κ3) is 7.36. The number of non-ortho nitro benzene ring substituents is 1. The fourth-order valence-corrected chi connectivity index (χ4v) is 5.01. The number of benzene rings is 4. The summed E-state index contributed by atoms with van der Waals surface area (Å²) in [5.41, 5.74) is 2.10. The molecule has 1 N–H and O–H groups in total. The Labute approximate surface area is 266 Å². The van der Waals surface area contributed by atoms with E-state index in [1.54, 1.807) is 55.5 Å². The molecule has 1 aliphatic heterocycles. The number of ether oxygens (including phenoxy) is 3. The molecule has 5 rings (SSSR count). The van der Waals surface area contributed by atoms with E-state index in [2.05, 4.69) is 21.2 Å². The lowest BCUT2D eigenvalue weighted by atomic mass is 10.1. The highest BCUT2D eigenvalue weighted by Gasteiger charge is 2.37. The van der Waals surface area contributed by atoms with Crippen molar-refractivity contribution in [3.8, 4) is 17.2 Å². The number of nitrogens with zero attached hydrogens (tertiary/aromatic N) is 2. The summed E-state index contributed by atoms with van der Waals surface area (Å²) in [6.45, 7) is 2.54. The molecule has 1 aliphatic rings. The monoisotopic (exact) mass is 671 g/mol. The smallest absolute Gasteiger partial charge is 0.335 e. The lowest BCUT2D eigenvalue weighted by Crippen LogP contribution is -2.54. The van der Waals surface area contributed by atoms with Crippen LogP contribution in [0.4, 0.5) is 16.2 Å². The maximum absolute atomic E-state index is 13.5. The van der Waals surface area contributed by atoms with Crippen LogP contribution in [0.25, 0.3) is 6.08 Å². The number of carbonyl (C=O) groups is 3. The molecule has 4 aromatic rings. The van der Waals surface area contributed by atoms with Gasteiger partial charge in [-0.15, -0.1) is 0 Å². The summed E-state index contributed by atoms with van der Waals surface area (Å²) in [6.07, 6.45) is 1.36. The van der Waals surface area contributed by atoms with Crippen LogP contribution in [0, 0.1) is 10.1 Å². The minimum absolute atomic E-state index is 0.0289. The van der Waals surface area contributed by atoms with Crippen molar-refractivity contribution in [2.75, 3.05) is 11.5 Å². The zero-order valence-electron chi connectivity index (χ0n) is 23.9. The molecular weight excluding hydrogens is 646 g/mol. The van der Waals surface area contributed by atoms with Crippen LogP contribution in [-0.4, -0.2) is 29.4 Å². The highest BCUT2D eigenvalue weighted by Crippen LogP contribution is 2.38. The molecule has 0 unspecified atom stereocenters. The number of nitro groups is 1. The van der Waals surface area contributed by atoms with Gasteiger partial charge in [0.1, 0.15) is 24.5 Å². The highest BCUT2D eigenvalue weighted by atomic mass is 79.9. The predicted octanol–water partition coefficient (Wildman–Crippen LogP) is 6.58. The maximum atomic E-state index is 13.5. The number of anilines is 1. The fraction of sp³-hybridized carbons (Fsp3) is 0.121. The molecule has 4 amide bonds. The standard InChI is InChI=1S/C33H26BrN3O8/c1-2-43-29-18-23(17-28(34)30(29)45-20-22-8-10-25(11-9-22)37(41)42)16-27-31(38)35-33(40)36(32(27)39)24-12-14-26(15-13-24)44-19-21-6-4-3-5-7-21/h3-18H,2,19-20H2,1H3,(H,35,38,40)/b27-16+. The Morgan fingerprint density at radius 3 is 2.20 bits per heavy atom. The van der Waals surface area contributed by atoms with Gasteiger partial charge in [-0.3, -0.25) is 25.0 Å². The Balaban J connectivity index is 1.35. The number of imide groups is 2. The van der Waals surface area contributed by atoms with Crippen molar-refractivity contribution in [3.05, 3.63) is 128 Å². The summed E-state index contributed by atoms with van der Waals surface area (Å²) in [5.74, 6) is -0.388. The topological polar surface area (TPSA) is 137 Å². The molecule has 1 fully saturated rings. The molecule has 45 heavy (non-hydrogen) atoms. The molecule has 0 aromatic heterocycles. The molecular formula is C33H26BrN3O8. The Bertz CT molecular complexity index is 1770. The molecule has 228 valence electrons. The van der Waals surface area contributed by atoms with Crippen LogP contribution in [0.5, 0.6) is 17.2 Å². The molecule has 1 heterocycles. The summed E-state index contributed by atoms with van der Waals surface area (Å²) in [4.78, 5) is 50.3. The van der Waals surface area contributed by atoms with E-state index in [0.717, 1.165) is 10.5 Å². The molecule has 11 nitrogen and oxygen atoms in total. The minimum atomic E-state index is -0.869. The van der Waals surface area contributed by atoms with E-state index >= 15 is 0 Å². The number of carbonyl (C=O) groups excluding carboxylic acids is 3. The first-order valence-electron chi connectivity index (χ1n) is 13.7. The number of nitrogens with one attached hydrogen (secondary N) is 1. The Kier molecular flexibility index (Phi) is 9.54. The molecule has 0 aliphatic carbocycles. The van der Waals surface area contributed by atoms with E-state index in [4.69, 9.17) is 14.2 Å². The van der Waals surface area contributed by atoms with Gasteiger partial charge in [-0.05, 0) is 94.2 Å². The number of urea groups is 1. The van der Waals surface area contributed by atoms with Gasteiger partial charge in [0.15, 0.2) is 11.5 Å². The summed E-state index contributed by atoms with van der Waals surface area (Å²) >= 11 is 3.47. The second-order valence-corrected chi connectivity index (χ2v) is 10.6. The molecule has 0 saturated carbocycles. The predicted molar refractivity (Wildman–Crippen MR) is 169 cm³/mol. The summed E-state index contributed by atoms with van der Waals surface area (Å²) in [6, 6.07) is 24.4. The van der Waals surface area contributed by atoms with Crippen LogP contribution < -0.4 is 24.4 Å². The van der Waals surface area contributed by atoms with E-state index in [9.17, 15) is 24.5 Å². The first-order valence-corrected chi connectivity index (χ1v) is 14.5. The van der Waals surface area contributed by atoms with Gasteiger partial charge in [0, 0.05) is 12.1 Å². The summed E-state index contributed by atoms with van der Waals surface area (Å²) < 4.78 is 18.0. The number of halogens is 1. The quantitative estimate of drug-likeness (QED) is 0.0817. The molecule has 0 bridgehead atoms. The fourth-order valence-electron chi connectivity index (χ4n) is 4.43. The lowest BCUT2D eigenvalue weighted by Gasteiger charge is -2.26. The molecule has 0 atom stereocenters. The number of amides is 4. The third-order valence-electron chi connectivity index (χ3n) is 6.62. The second kappa shape index (κ2) is 13.9. The second-order valence-electron chi connectivity index (χ2n) is 9.70. The lowest BCUT2D eigenvalue weighted by molar-refractivity contribution is -0.384. The van der Waals surface area contributed by atoms with E-state index in [0.29, 0.717) is 46.1 Å². The number of hydrogen-bond donors (Lipinski definition) is 1. The number of rotatable bonds is 11. The maximum Gasteiger partial charge on any atom is 0.335 e. The first kappa shape index (κ1) is 31.0. The van der Waals surface area contributed by atoms with Crippen molar-refractivity contribution in [2.45, 2.75) is 20.1 Å². The molecule has 12 heteroatoms. The van der Waals surface area contributed by atoms with Crippen molar-refractivity contribution >= 4 is 51.2 Å². The van der Waals surface area contributed by atoms with Crippen LogP contribution in [-0.2, 0) is 22.8 Å². The van der Waals surface area contributed by atoms with Crippen LogP contribution in [0.2, 0.25) is 0 Å². The summed E-state index contributed by atoms with van der Waals surface area (Å²) in [7, 11) is 0. The van der Waals surface area contributed by atoms with Crippen LogP contribution >= 0.6 is 15.9 Å². The normalized spacial score (nSPS) is 13.9. The van der Waals surface area contributed by atoms with Gasteiger partial charge in [0.25, 0.3) is 17.5 Å². The zero-order valence-corrected chi connectivity index (χ0v) is 25.5. The Morgan fingerprint density at radius 1 is 0.867 bits per heavy atom. The van der Waals surface area contributed by atoms with Crippen LogP contribution in [0.1, 0.15) is 23.6 Å². The van der Waals surface area contributed by atoms with E-state index in [1.165, 1.54) is 18.2 Å². The van der Waals surface area contributed by atoms with Crippen molar-refractivity contribution < 1.29 is 33.5 Å². The Morgan fingerprint density at radius 2 is 1.53 bits per heavy atom. The van der Waals surface area contributed by atoms with E-state index in [1.807, 2.05) is 30.3 Å². The molecule has 4 aromatic carbocycles. The van der Waals surface area contributed by atoms with Crippen molar-refractivity contribution in [3.63, 3.8) is 0 Å². The van der Waals surface area contributed by atoms with Gasteiger partial charge in [-0.25, -0.2) is 9.69 Å².